The molecule has 1 atom stereocenters. The fraction of sp³-hybridized carbons (Fsp3) is 0.312. The van der Waals surface area contributed by atoms with E-state index in [1.54, 1.807) is 17.7 Å². The molecule has 0 N–H and O–H groups in total. The molecule has 0 saturated carbocycles. The van der Waals surface area contributed by atoms with Crippen molar-refractivity contribution in [2.45, 2.75) is 52.7 Å². The third kappa shape index (κ3) is 5.33. The lowest BCUT2D eigenvalue weighted by Crippen LogP contribution is -2.46. The maximum absolute atomic E-state index is 13.7. The number of para-hydroxylation sites is 1. The topological polar surface area (TPSA) is 97.5 Å². The highest BCUT2D eigenvalue weighted by Crippen LogP contribution is 2.34. The maximum Gasteiger partial charge on any atom is 0.271 e. The van der Waals surface area contributed by atoms with Crippen LogP contribution in [0, 0.1) is 18.3 Å². The van der Waals surface area contributed by atoms with Crippen LogP contribution in [0.1, 0.15) is 44.7 Å². The van der Waals surface area contributed by atoms with Crippen molar-refractivity contribution in [3.05, 3.63) is 82.6 Å². The molecular formula is C32H32N4O4. The van der Waals surface area contributed by atoms with Crippen LogP contribution < -0.4 is 4.74 Å². The van der Waals surface area contributed by atoms with Gasteiger partial charge in [-0.05, 0) is 88.1 Å². The van der Waals surface area contributed by atoms with Gasteiger partial charge in [0.1, 0.15) is 23.1 Å². The summed E-state index contributed by atoms with van der Waals surface area (Å²) in [4.78, 5) is 28.0. The predicted octanol–water partition coefficient (Wildman–Crippen LogP) is 5.41. The number of hydrogen-bond acceptors (Lipinski definition) is 6. The number of benzene rings is 2. The van der Waals surface area contributed by atoms with Gasteiger partial charge in [-0.3, -0.25) is 14.5 Å². The third-order valence-corrected chi connectivity index (χ3v) is 7.12. The van der Waals surface area contributed by atoms with E-state index in [-0.39, 0.29) is 24.3 Å². The van der Waals surface area contributed by atoms with Gasteiger partial charge < -0.3 is 9.47 Å². The molecule has 8 heteroatoms. The Labute approximate surface area is 234 Å². The predicted molar refractivity (Wildman–Crippen MR) is 151 cm³/mol. The number of rotatable bonds is 7. The molecule has 40 heavy (non-hydrogen) atoms. The third-order valence-electron chi connectivity index (χ3n) is 7.12. The lowest BCUT2D eigenvalue weighted by atomic mass is 9.92. The Morgan fingerprint density at radius 1 is 1.15 bits per heavy atom. The zero-order valence-corrected chi connectivity index (χ0v) is 23.2. The van der Waals surface area contributed by atoms with E-state index in [1.807, 2.05) is 81.6 Å². The monoisotopic (exact) mass is 536 g/mol. The first-order valence-electron chi connectivity index (χ1n) is 13.5. The molecule has 5 rings (SSSR count). The summed E-state index contributed by atoms with van der Waals surface area (Å²) in [5.74, 6) is -0.246. The molecule has 8 nitrogen and oxygen atoms in total. The molecule has 1 fully saturated rings. The second-order valence-electron chi connectivity index (χ2n) is 10.4. The van der Waals surface area contributed by atoms with Crippen molar-refractivity contribution in [2.24, 2.45) is 0 Å². The second kappa shape index (κ2) is 11.3. The van der Waals surface area contributed by atoms with Crippen molar-refractivity contribution >= 4 is 17.9 Å². The van der Waals surface area contributed by atoms with Crippen LogP contribution in [0.4, 0.5) is 0 Å². The molecular weight excluding hydrogens is 504 g/mol. The van der Waals surface area contributed by atoms with Crippen LogP contribution in [-0.2, 0) is 14.3 Å². The molecule has 2 aliphatic heterocycles. The summed E-state index contributed by atoms with van der Waals surface area (Å²) in [6, 6.07) is 17.6. The average molecular weight is 537 g/mol. The fourth-order valence-corrected chi connectivity index (χ4v) is 5.11. The van der Waals surface area contributed by atoms with Crippen molar-refractivity contribution < 1.29 is 19.1 Å². The first-order chi connectivity index (χ1) is 19.3. The maximum atomic E-state index is 13.7. The second-order valence-corrected chi connectivity index (χ2v) is 10.4. The van der Waals surface area contributed by atoms with E-state index in [9.17, 15) is 14.9 Å². The molecule has 1 unspecified atom stereocenters. The van der Waals surface area contributed by atoms with Gasteiger partial charge in [-0.1, -0.05) is 18.2 Å². The van der Waals surface area contributed by atoms with Crippen LogP contribution in [0.5, 0.6) is 5.75 Å². The smallest absolute Gasteiger partial charge is 0.271 e. The molecule has 1 aromatic heterocycles. The first-order valence-corrected chi connectivity index (χ1v) is 13.5. The Morgan fingerprint density at radius 2 is 1.93 bits per heavy atom. The highest BCUT2D eigenvalue weighted by Gasteiger charge is 2.37. The van der Waals surface area contributed by atoms with Crippen LogP contribution >= 0.6 is 0 Å². The van der Waals surface area contributed by atoms with Gasteiger partial charge in [-0.15, -0.1) is 0 Å². The summed E-state index contributed by atoms with van der Waals surface area (Å²) in [6.07, 6.45) is 5.08. The normalized spacial score (nSPS) is 18.6. The van der Waals surface area contributed by atoms with Crippen LogP contribution in [0.25, 0.3) is 23.0 Å². The summed E-state index contributed by atoms with van der Waals surface area (Å²) < 4.78 is 13.3. The minimum Gasteiger partial charge on any atom is -0.491 e. The SMILES string of the molecule is CC1=C(C#N)C(=O)N(CC2CCCO2)C(=O)/C1=C/c1cn(-c2ccccc2)nc1-c1ccc(OC(C)C)cc1C. The van der Waals surface area contributed by atoms with E-state index >= 15 is 0 Å². The van der Waals surface area contributed by atoms with Gasteiger partial charge in [0.25, 0.3) is 11.8 Å². The molecule has 2 amide bonds. The lowest BCUT2D eigenvalue weighted by Gasteiger charge is -2.29. The molecule has 0 spiro atoms. The van der Waals surface area contributed by atoms with Crippen molar-refractivity contribution in [1.29, 1.82) is 5.26 Å². The zero-order valence-electron chi connectivity index (χ0n) is 23.2. The molecule has 2 aliphatic rings. The number of amides is 2. The van der Waals surface area contributed by atoms with Crippen molar-refractivity contribution in [3.63, 3.8) is 0 Å². The van der Waals surface area contributed by atoms with Crippen LogP contribution in [0.15, 0.2) is 71.4 Å². The van der Waals surface area contributed by atoms with E-state index in [4.69, 9.17) is 14.6 Å². The van der Waals surface area contributed by atoms with E-state index in [1.165, 1.54) is 0 Å². The largest absolute Gasteiger partial charge is 0.491 e. The van der Waals surface area contributed by atoms with Crippen molar-refractivity contribution in [1.82, 2.24) is 14.7 Å². The Kier molecular flexibility index (Phi) is 7.67. The molecule has 2 aromatic carbocycles. The van der Waals surface area contributed by atoms with Gasteiger partial charge >= 0.3 is 0 Å². The van der Waals surface area contributed by atoms with Gasteiger partial charge in [0.15, 0.2) is 0 Å². The number of ether oxygens (including phenoxy) is 2. The Hall–Kier alpha value is -4.48. The molecule has 1 saturated heterocycles. The quantitative estimate of drug-likeness (QED) is 0.296. The van der Waals surface area contributed by atoms with Crippen LogP contribution in [0.2, 0.25) is 0 Å². The number of hydrogen-bond donors (Lipinski definition) is 0. The number of carbonyl (C=O) groups is 2. The molecule has 0 aliphatic carbocycles. The minimum atomic E-state index is -0.575. The van der Waals surface area contributed by atoms with Gasteiger partial charge in [-0.25, -0.2) is 4.68 Å². The zero-order chi connectivity index (χ0) is 28.4. The molecule has 0 bridgehead atoms. The summed E-state index contributed by atoms with van der Waals surface area (Å²) in [6.45, 7) is 8.33. The standard InChI is InChI=1S/C32H32N4O4/c1-20(2)40-25-12-13-27(21(3)15-25)30-23(18-36(34-30)24-9-6-5-7-10-24)16-28-22(4)29(17-33)32(38)35(31(28)37)19-26-11-8-14-39-26/h5-7,9-10,12-13,15-16,18,20,26H,8,11,14,19H2,1-4H3/b28-16+. The number of aryl methyl sites for hydroxylation is 1. The van der Waals surface area contributed by atoms with E-state index in [0.717, 1.165) is 40.3 Å². The van der Waals surface area contributed by atoms with Gasteiger partial charge in [0, 0.05) is 29.5 Å². The van der Waals surface area contributed by atoms with E-state index < -0.39 is 11.8 Å². The van der Waals surface area contributed by atoms with E-state index in [2.05, 4.69) is 0 Å². The van der Waals surface area contributed by atoms with Gasteiger partial charge in [0.2, 0.25) is 0 Å². The average Bonchev–Trinajstić information content (AvgIpc) is 3.60. The fourth-order valence-electron chi connectivity index (χ4n) is 5.11. The number of nitriles is 1. The van der Waals surface area contributed by atoms with Crippen molar-refractivity contribution in [3.8, 4) is 28.8 Å². The summed E-state index contributed by atoms with van der Waals surface area (Å²) in [7, 11) is 0. The molecule has 3 aromatic rings. The highest BCUT2D eigenvalue weighted by atomic mass is 16.5. The van der Waals surface area contributed by atoms with Crippen LogP contribution in [0.3, 0.4) is 0 Å². The Bertz CT molecular complexity index is 1550. The molecule has 204 valence electrons. The van der Waals surface area contributed by atoms with Crippen LogP contribution in [-0.4, -0.2) is 51.9 Å². The highest BCUT2D eigenvalue weighted by molar-refractivity contribution is 6.19. The number of carbonyl (C=O) groups excluding carboxylic acids is 2. The number of aromatic nitrogens is 2. The Balaban J connectivity index is 1.63. The summed E-state index contributed by atoms with van der Waals surface area (Å²) in [5, 5.41) is 14.7. The minimum absolute atomic E-state index is 0.0350. The lowest BCUT2D eigenvalue weighted by molar-refractivity contribution is -0.142. The summed E-state index contributed by atoms with van der Waals surface area (Å²) in [5.41, 5.74) is 4.69. The number of imide groups is 1. The Morgan fingerprint density at radius 3 is 2.58 bits per heavy atom. The van der Waals surface area contributed by atoms with Crippen molar-refractivity contribution in [2.75, 3.05) is 13.2 Å². The number of nitrogens with zero attached hydrogens (tertiary/aromatic N) is 4. The first kappa shape index (κ1) is 27.1. The van der Waals surface area contributed by atoms with Gasteiger partial charge in [0.05, 0.1) is 24.4 Å². The molecule has 3 heterocycles. The summed E-state index contributed by atoms with van der Waals surface area (Å²) >= 11 is 0. The van der Waals surface area contributed by atoms with Gasteiger partial charge in [-0.2, -0.15) is 10.4 Å². The molecule has 0 radical (unpaired) electrons. The van der Waals surface area contributed by atoms with E-state index in [0.29, 0.717) is 29.0 Å².